The maximum Gasteiger partial charge on any atom is 0.244 e. The van der Waals surface area contributed by atoms with Gasteiger partial charge >= 0.3 is 0 Å². The van der Waals surface area contributed by atoms with Gasteiger partial charge in [-0.1, -0.05) is 23.7 Å². The molecule has 0 atom stereocenters. The number of halogens is 1. The SMILES string of the molecule is Clc1cccc(CCNc2nncc(N3CCOCC3)n2)c1. The second kappa shape index (κ2) is 7.38. The molecule has 0 radical (unpaired) electrons. The molecule has 1 aliphatic rings. The fourth-order valence-electron chi connectivity index (χ4n) is 2.33. The number of nitrogens with zero attached hydrogens (tertiary/aromatic N) is 4. The van der Waals surface area contributed by atoms with Crippen LogP contribution in [0.25, 0.3) is 0 Å². The molecule has 3 rings (SSSR count). The fraction of sp³-hybridized carbons (Fsp3) is 0.400. The first-order chi connectivity index (χ1) is 10.8. The van der Waals surface area contributed by atoms with Crippen LogP contribution in [0.5, 0.6) is 0 Å². The summed E-state index contributed by atoms with van der Waals surface area (Å²) in [6.45, 7) is 3.85. The van der Waals surface area contributed by atoms with Gasteiger partial charge in [0, 0.05) is 24.7 Å². The van der Waals surface area contributed by atoms with Gasteiger partial charge in [-0.05, 0) is 24.1 Å². The molecular weight excluding hydrogens is 302 g/mol. The summed E-state index contributed by atoms with van der Waals surface area (Å²) in [5.74, 6) is 1.38. The topological polar surface area (TPSA) is 63.2 Å². The molecule has 2 heterocycles. The summed E-state index contributed by atoms with van der Waals surface area (Å²) < 4.78 is 5.34. The minimum atomic E-state index is 0.547. The third-order valence-corrected chi connectivity index (χ3v) is 3.70. The van der Waals surface area contributed by atoms with Crippen LogP contribution < -0.4 is 10.2 Å². The van der Waals surface area contributed by atoms with E-state index in [1.165, 1.54) is 5.56 Å². The first-order valence-corrected chi connectivity index (χ1v) is 7.70. The molecule has 0 unspecified atom stereocenters. The molecule has 2 aromatic rings. The van der Waals surface area contributed by atoms with E-state index in [2.05, 4.69) is 31.5 Å². The van der Waals surface area contributed by atoms with E-state index in [9.17, 15) is 0 Å². The Morgan fingerprint density at radius 2 is 2.14 bits per heavy atom. The van der Waals surface area contributed by atoms with Crippen LogP contribution in [0.4, 0.5) is 11.8 Å². The fourth-order valence-corrected chi connectivity index (χ4v) is 2.54. The Labute approximate surface area is 134 Å². The van der Waals surface area contributed by atoms with E-state index in [-0.39, 0.29) is 0 Å². The molecule has 1 fully saturated rings. The normalized spacial score (nSPS) is 14.9. The zero-order valence-electron chi connectivity index (χ0n) is 12.2. The Bertz CT molecular complexity index is 618. The highest BCUT2D eigenvalue weighted by Gasteiger charge is 2.13. The molecule has 1 aromatic carbocycles. The van der Waals surface area contributed by atoms with Crippen molar-refractivity contribution >= 4 is 23.4 Å². The monoisotopic (exact) mass is 319 g/mol. The molecule has 0 saturated carbocycles. The van der Waals surface area contributed by atoms with Crippen molar-refractivity contribution in [2.75, 3.05) is 43.1 Å². The number of hydrogen-bond donors (Lipinski definition) is 1. The lowest BCUT2D eigenvalue weighted by Gasteiger charge is -2.27. The lowest BCUT2D eigenvalue weighted by Crippen LogP contribution is -2.37. The summed E-state index contributed by atoms with van der Waals surface area (Å²) >= 11 is 5.98. The first-order valence-electron chi connectivity index (χ1n) is 7.32. The number of rotatable bonds is 5. The minimum Gasteiger partial charge on any atom is -0.378 e. The van der Waals surface area contributed by atoms with Crippen LogP contribution in [0.2, 0.25) is 5.02 Å². The Balaban J connectivity index is 1.56. The van der Waals surface area contributed by atoms with Crippen LogP contribution in [0.15, 0.2) is 30.5 Å². The maximum atomic E-state index is 5.98. The molecule has 6 nitrogen and oxygen atoms in total. The molecule has 0 amide bonds. The van der Waals surface area contributed by atoms with Crippen molar-refractivity contribution in [1.82, 2.24) is 15.2 Å². The summed E-state index contributed by atoms with van der Waals surface area (Å²) in [5, 5.41) is 12.0. The van der Waals surface area contributed by atoms with Gasteiger partial charge in [0.1, 0.15) is 0 Å². The van der Waals surface area contributed by atoms with Crippen LogP contribution in [0.3, 0.4) is 0 Å². The van der Waals surface area contributed by atoms with Gasteiger partial charge in [0.05, 0.1) is 19.4 Å². The van der Waals surface area contributed by atoms with Gasteiger partial charge in [-0.25, -0.2) is 0 Å². The smallest absolute Gasteiger partial charge is 0.244 e. The molecule has 0 spiro atoms. The molecule has 1 saturated heterocycles. The van der Waals surface area contributed by atoms with Crippen molar-refractivity contribution in [3.8, 4) is 0 Å². The molecule has 1 aliphatic heterocycles. The number of nitrogens with one attached hydrogen (secondary N) is 1. The van der Waals surface area contributed by atoms with Crippen molar-refractivity contribution in [3.05, 3.63) is 41.0 Å². The number of ether oxygens (including phenoxy) is 1. The van der Waals surface area contributed by atoms with Gasteiger partial charge in [-0.2, -0.15) is 10.1 Å². The second-order valence-corrected chi connectivity index (χ2v) is 5.48. The van der Waals surface area contributed by atoms with Gasteiger partial charge < -0.3 is 15.0 Å². The largest absolute Gasteiger partial charge is 0.378 e. The van der Waals surface area contributed by atoms with Crippen LogP contribution in [0.1, 0.15) is 5.56 Å². The van der Waals surface area contributed by atoms with Crippen LogP contribution in [-0.4, -0.2) is 48.0 Å². The van der Waals surface area contributed by atoms with Gasteiger partial charge in [0.2, 0.25) is 5.95 Å². The molecule has 0 bridgehead atoms. The van der Waals surface area contributed by atoms with Crippen molar-refractivity contribution < 1.29 is 4.74 Å². The minimum absolute atomic E-state index is 0.547. The molecular formula is C15H18ClN5O. The van der Waals surface area contributed by atoms with Crippen molar-refractivity contribution in [2.24, 2.45) is 0 Å². The number of aromatic nitrogens is 3. The summed E-state index contributed by atoms with van der Waals surface area (Å²) in [6.07, 6.45) is 2.54. The number of morpholine rings is 1. The predicted molar refractivity (Wildman–Crippen MR) is 86.5 cm³/mol. The van der Waals surface area contributed by atoms with E-state index >= 15 is 0 Å². The Hall–Kier alpha value is -1.92. The van der Waals surface area contributed by atoms with E-state index < -0.39 is 0 Å². The number of anilines is 2. The molecule has 116 valence electrons. The second-order valence-electron chi connectivity index (χ2n) is 5.04. The summed E-state index contributed by atoms with van der Waals surface area (Å²) in [6, 6.07) is 7.84. The molecule has 7 heteroatoms. The Morgan fingerprint density at radius 3 is 2.95 bits per heavy atom. The van der Waals surface area contributed by atoms with Crippen LogP contribution in [0, 0.1) is 0 Å². The van der Waals surface area contributed by atoms with E-state index in [1.807, 2.05) is 18.2 Å². The number of hydrogen-bond acceptors (Lipinski definition) is 6. The first kappa shape index (κ1) is 15.0. The van der Waals surface area contributed by atoms with E-state index in [4.69, 9.17) is 16.3 Å². The van der Waals surface area contributed by atoms with Gasteiger partial charge in [0.25, 0.3) is 0 Å². The van der Waals surface area contributed by atoms with Crippen LogP contribution in [-0.2, 0) is 11.2 Å². The Kier molecular flexibility index (Phi) is 5.03. The highest BCUT2D eigenvalue weighted by atomic mass is 35.5. The third kappa shape index (κ3) is 4.05. The highest BCUT2D eigenvalue weighted by molar-refractivity contribution is 6.30. The molecule has 1 N–H and O–H groups in total. The molecule has 22 heavy (non-hydrogen) atoms. The average molecular weight is 320 g/mol. The average Bonchev–Trinajstić information content (AvgIpc) is 2.56. The van der Waals surface area contributed by atoms with Crippen LogP contribution >= 0.6 is 11.6 Å². The molecule has 1 aromatic heterocycles. The molecule has 0 aliphatic carbocycles. The quantitative estimate of drug-likeness (QED) is 0.909. The van der Waals surface area contributed by atoms with Gasteiger partial charge in [-0.3, -0.25) is 0 Å². The standard InChI is InChI=1S/C15H18ClN5O/c16-13-3-1-2-12(10-13)4-5-17-15-19-14(11-18-20-15)21-6-8-22-9-7-21/h1-3,10-11H,4-9H2,(H,17,19,20). The number of benzene rings is 1. The highest BCUT2D eigenvalue weighted by Crippen LogP contribution is 2.13. The maximum absolute atomic E-state index is 5.98. The van der Waals surface area contributed by atoms with E-state index in [1.54, 1.807) is 6.20 Å². The van der Waals surface area contributed by atoms with Gasteiger partial charge in [0.15, 0.2) is 5.82 Å². The third-order valence-electron chi connectivity index (χ3n) is 3.47. The van der Waals surface area contributed by atoms with Crippen molar-refractivity contribution in [3.63, 3.8) is 0 Å². The van der Waals surface area contributed by atoms with E-state index in [0.717, 1.165) is 50.1 Å². The van der Waals surface area contributed by atoms with Crippen molar-refractivity contribution in [1.29, 1.82) is 0 Å². The lowest BCUT2D eigenvalue weighted by atomic mass is 10.1. The summed E-state index contributed by atoms with van der Waals surface area (Å²) in [5.41, 5.74) is 1.18. The van der Waals surface area contributed by atoms with E-state index in [0.29, 0.717) is 5.95 Å². The summed E-state index contributed by atoms with van der Waals surface area (Å²) in [4.78, 5) is 6.66. The Morgan fingerprint density at radius 1 is 1.27 bits per heavy atom. The predicted octanol–water partition coefficient (Wildman–Crippen LogP) is 2.02. The lowest BCUT2D eigenvalue weighted by molar-refractivity contribution is 0.122. The zero-order valence-corrected chi connectivity index (χ0v) is 13.0. The zero-order chi connectivity index (χ0) is 15.2. The van der Waals surface area contributed by atoms with Crippen molar-refractivity contribution in [2.45, 2.75) is 6.42 Å². The van der Waals surface area contributed by atoms with Gasteiger partial charge in [-0.15, -0.1) is 5.10 Å². The summed E-state index contributed by atoms with van der Waals surface area (Å²) in [7, 11) is 0.